The number of carbonyl (C=O) groups excluding carboxylic acids is 1. The summed E-state index contributed by atoms with van der Waals surface area (Å²) in [5.74, 6) is 0.210. The maximum atomic E-state index is 12.9. The van der Waals surface area contributed by atoms with Crippen LogP contribution in [0.5, 0.6) is 5.75 Å². The van der Waals surface area contributed by atoms with E-state index in [1.807, 2.05) is 37.3 Å². The van der Waals surface area contributed by atoms with Gasteiger partial charge in [0, 0.05) is 18.1 Å². The molecule has 2 atom stereocenters. The molecule has 1 fully saturated rings. The zero-order valence-electron chi connectivity index (χ0n) is 16.3. The van der Waals surface area contributed by atoms with Crippen LogP contribution in [-0.2, 0) is 14.8 Å². The summed E-state index contributed by atoms with van der Waals surface area (Å²) in [5.41, 5.74) is 0. The van der Waals surface area contributed by atoms with Crippen LogP contribution in [-0.4, -0.2) is 44.4 Å². The number of ether oxygens (including phenoxy) is 1. The first-order chi connectivity index (χ1) is 13.9. The fourth-order valence-electron chi connectivity index (χ4n) is 3.27. The molecule has 1 aliphatic heterocycles. The molecule has 0 unspecified atom stereocenters. The molecule has 1 amide bonds. The summed E-state index contributed by atoms with van der Waals surface area (Å²) >= 11 is 5.85. The highest BCUT2D eigenvalue weighted by molar-refractivity contribution is 7.89. The van der Waals surface area contributed by atoms with Crippen molar-refractivity contribution < 1.29 is 17.9 Å². The van der Waals surface area contributed by atoms with Gasteiger partial charge < -0.3 is 10.1 Å². The zero-order chi connectivity index (χ0) is 20.9. The van der Waals surface area contributed by atoms with Crippen molar-refractivity contribution in [2.24, 2.45) is 5.92 Å². The smallest absolute Gasteiger partial charge is 0.243 e. The third kappa shape index (κ3) is 5.72. The second kappa shape index (κ2) is 9.61. The Morgan fingerprint density at radius 2 is 1.90 bits per heavy atom. The largest absolute Gasteiger partial charge is 0.491 e. The maximum Gasteiger partial charge on any atom is 0.243 e. The Morgan fingerprint density at radius 3 is 2.59 bits per heavy atom. The second-order valence-electron chi connectivity index (χ2n) is 7.19. The van der Waals surface area contributed by atoms with E-state index in [-0.39, 0.29) is 29.3 Å². The summed E-state index contributed by atoms with van der Waals surface area (Å²) in [6.07, 6.45) is 1.30. The number of rotatable bonds is 7. The SMILES string of the molecule is C[C@H](COc1ccccc1)NC(=O)[C@H]1CCCN(S(=O)(=O)c2ccc(Cl)cc2)C1. The summed E-state index contributed by atoms with van der Waals surface area (Å²) in [4.78, 5) is 12.9. The first-order valence-corrected chi connectivity index (χ1v) is 11.4. The van der Waals surface area contributed by atoms with Gasteiger partial charge in [0.1, 0.15) is 12.4 Å². The Bertz CT molecular complexity index is 919. The minimum Gasteiger partial charge on any atom is -0.491 e. The highest BCUT2D eigenvalue weighted by atomic mass is 35.5. The van der Waals surface area contributed by atoms with Crippen LogP contribution in [0, 0.1) is 5.92 Å². The molecule has 1 N–H and O–H groups in total. The van der Waals surface area contributed by atoms with Crippen LogP contribution in [0.1, 0.15) is 19.8 Å². The van der Waals surface area contributed by atoms with Crippen LogP contribution in [0.4, 0.5) is 0 Å². The van der Waals surface area contributed by atoms with Crippen molar-refractivity contribution in [1.82, 2.24) is 9.62 Å². The number of sulfonamides is 1. The lowest BCUT2D eigenvalue weighted by Gasteiger charge is -2.31. The number of carbonyl (C=O) groups is 1. The van der Waals surface area contributed by atoms with Crippen molar-refractivity contribution in [3.63, 3.8) is 0 Å². The van der Waals surface area contributed by atoms with E-state index in [9.17, 15) is 13.2 Å². The van der Waals surface area contributed by atoms with E-state index in [1.165, 1.54) is 16.4 Å². The molecule has 1 heterocycles. The van der Waals surface area contributed by atoms with Gasteiger partial charge in [0.05, 0.1) is 16.9 Å². The van der Waals surface area contributed by atoms with Gasteiger partial charge in [-0.3, -0.25) is 4.79 Å². The number of hydrogen-bond donors (Lipinski definition) is 1. The minimum atomic E-state index is -3.65. The molecule has 0 spiro atoms. The van der Waals surface area contributed by atoms with Crippen LogP contribution in [0.3, 0.4) is 0 Å². The van der Waals surface area contributed by atoms with Gasteiger partial charge in [0.25, 0.3) is 0 Å². The number of amides is 1. The van der Waals surface area contributed by atoms with Crippen LogP contribution >= 0.6 is 11.6 Å². The molecule has 8 heteroatoms. The van der Waals surface area contributed by atoms with Gasteiger partial charge in [-0.05, 0) is 56.2 Å². The molecular formula is C21H25ClN2O4S. The Morgan fingerprint density at radius 1 is 1.21 bits per heavy atom. The normalized spacial score (nSPS) is 18.8. The van der Waals surface area contributed by atoms with E-state index in [2.05, 4.69) is 5.32 Å². The van der Waals surface area contributed by atoms with E-state index >= 15 is 0 Å². The van der Waals surface area contributed by atoms with E-state index in [4.69, 9.17) is 16.3 Å². The Balaban J connectivity index is 1.56. The first kappa shape index (κ1) is 21.6. The van der Waals surface area contributed by atoms with Gasteiger partial charge in [-0.15, -0.1) is 0 Å². The highest BCUT2D eigenvalue weighted by Crippen LogP contribution is 2.25. The lowest BCUT2D eigenvalue weighted by atomic mass is 9.98. The average Bonchev–Trinajstić information content (AvgIpc) is 2.73. The van der Waals surface area contributed by atoms with Gasteiger partial charge in [-0.2, -0.15) is 4.31 Å². The van der Waals surface area contributed by atoms with Gasteiger partial charge in [-0.1, -0.05) is 29.8 Å². The molecule has 2 aromatic carbocycles. The number of benzene rings is 2. The molecule has 1 saturated heterocycles. The third-order valence-corrected chi connectivity index (χ3v) is 6.97. The summed E-state index contributed by atoms with van der Waals surface area (Å²) < 4.78 is 32.8. The molecule has 3 rings (SSSR count). The van der Waals surface area contributed by atoms with Crippen molar-refractivity contribution >= 4 is 27.5 Å². The molecule has 0 aromatic heterocycles. The summed E-state index contributed by atoms with van der Waals surface area (Å²) in [7, 11) is -3.65. The van der Waals surface area contributed by atoms with E-state index in [1.54, 1.807) is 12.1 Å². The van der Waals surface area contributed by atoms with Crippen molar-refractivity contribution in [3.05, 3.63) is 59.6 Å². The Labute approximate surface area is 176 Å². The lowest BCUT2D eigenvalue weighted by molar-refractivity contribution is -0.126. The molecule has 2 aromatic rings. The number of piperidine rings is 1. The number of nitrogens with one attached hydrogen (secondary N) is 1. The molecule has 6 nitrogen and oxygen atoms in total. The lowest BCUT2D eigenvalue weighted by Crippen LogP contribution is -2.48. The van der Waals surface area contributed by atoms with E-state index < -0.39 is 10.0 Å². The number of para-hydroxylation sites is 1. The molecule has 156 valence electrons. The molecule has 1 aliphatic rings. The third-order valence-electron chi connectivity index (χ3n) is 4.84. The number of halogens is 1. The van der Waals surface area contributed by atoms with Crippen LogP contribution in [0.25, 0.3) is 0 Å². The second-order valence-corrected chi connectivity index (χ2v) is 9.56. The van der Waals surface area contributed by atoms with Gasteiger partial charge in [0.15, 0.2) is 0 Å². The van der Waals surface area contributed by atoms with Gasteiger partial charge in [-0.25, -0.2) is 8.42 Å². The van der Waals surface area contributed by atoms with Crippen molar-refractivity contribution in [2.45, 2.75) is 30.7 Å². The van der Waals surface area contributed by atoms with Crippen LogP contribution in [0.2, 0.25) is 5.02 Å². The molecule has 0 saturated carbocycles. The van der Waals surface area contributed by atoms with Crippen LogP contribution < -0.4 is 10.1 Å². The van der Waals surface area contributed by atoms with E-state index in [0.717, 1.165) is 5.75 Å². The number of hydrogen-bond acceptors (Lipinski definition) is 4. The standard InChI is InChI=1S/C21H25ClN2O4S/c1-16(15-28-19-7-3-2-4-8-19)23-21(25)17-6-5-13-24(14-17)29(26,27)20-11-9-18(22)10-12-20/h2-4,7-12,16-17H,5-6,13-15H2,1H3,(H,23,25)/t16-,17+/m1/s1. The molecular weight excluding hydrogens is 412 g/mol. The summed E-state index contributed by atoms with van der Waals surface area (Å²) in [6, 6.07) is 15.3. The Kier molecular flexibility index (Phi) is 7.16. The molecule has 0 aliphatic carbocycles. The van der Waals surface area contributed by atoms with Crippen molar-refractivity contribution in [1.29, 1.82) is 0 Å². The fraction of sp³-hybridized carbons (Fsp3) is 0.381. The predicted octanol–water partition coefficient (Wildman–Crippen LogP) is 3.32. The monoisotopic (exact) mass is 436 g/mol. The minimum absolute atomic E-state index is 0.148. The van der Waals surface area contributed by atoms with Crippen molar-refractivity contribution in [2.75, 3.05) is 19.7 Å². The van der Waals surface area contributed by atoms with Gasteiger partial charge in [0.2, 0.25) is 15.9 Å². The first-order valence-electron chi connectivity index (χ1n) is 9.60. The zero-order valence-corrected chi connectivity index (χ0v) is 17.8. The number of nitrogens with zero attached hydrogens (tertiary/aromatic N) is 1. The van der Waals surface area contributed by atoms with Crippen LogP contribution in [0.15, 0.2) is 59.5 Å². The molecule has 0 bridgehead atoms. The molecule has 0 radical (unpaired) electrons. The predicted molar refractivity (Wildman–Crippen MR) is 112 cm³/mol. The van der Waals surface area contributed by atoms with Gasteiger partial charge >= 0.3 is 0 Å². The summed E-state index contributed by atoms with van der Waals surface area (Å²) in [5, 5.41) is 3.41. The quantitative estimate of drug-likeness (QED) is 0.722. The molecule has 29 heavy (non-hydrogen) atoms. The summed E-state index contributed by atoms with van der Waals surface area (Å²) in [6.45, 7) is 2.78. The average molecular weight is 437 g/mol. The Hall–Kier alpha value is -2.09. The highest BCUT2D eigenvalue weighted by Gasteiger charge is 2.33. The fourth-order valence-corrected chi connectivity index (χ4v) is 4.92. The topological polar surface area (TPSA) is 75.7 Å². The van der Waals surface area contributed by atoms with Crippen molar-refractivity contribution in [3.8, 4) is 5.75 Å². The van der Waals surface area contributed by atoms with E-state index in [0.29, 0.717) is 31.0 Å². The maximum absolute atomic E-state index is 12.9.